The zero-order valence-corrected chi connectivity index (χ0v) is 10.4. The van der Waals surface area contributed by atoms with E-state index in [0.717, 1.165) is 12.8 Å². The van der Waals surface area contributed by atoms with Crippen LogP contribution in [0.15, 0.2) is 24.3 Å². The lowest BCUT2D eigenvalue weighted by Gasteiger charge is -2.29. The molecule has 0 aliphatic rings. The summed E-state index contributed by atoms with van der Waals surface area (Å²) < 4.78 is 13.8. The highest BCUT2D eigenvalue weighted by Crippen LogP contribution is 2.36. The van der Waals surface area contributed by atoms with Gasteiger partial charge in [-0.3, -0.25) is 4.79 Å². The Morgan fingerprint density at radius 1 is 1.24 bits per heavy atom. The van der Waals surface area contributed by atoms with Crippen molar-refractivity contribution in [2.24, 2.45) is 0 Å². The lowest BCUT2D eigenvalue weighted by molar-refractivity contribution is -0.144. The molecule has 17 heavy (non-hydrogen) atoms. The molecule has 3 heteroatoms. The summed E-state index contributed by atoms with van der Waals surface area (Å²) in [5, 5.41) is 9.50. The van der Waals surface area contributed by atoms with E-state index in [2.05, 4.69) is 0 Å². The molecule has 1 aromatic rings. The first-order valence-electron chi connectivity index (χ1n) is 6.07. The second kappa shape index (κ2) is 5.80. The number of carbonyl (C=O) groups is 1. The van der Waals surface area contributed by atoms with Gasteiger partial charge in [-0.1, -0.05) is 44.9 Å². The van der Waals surface area contributed by atoms with Crippen LogP contribution < -0.4 is 0 Å². The average Bonchev–Trinajstić information content (AvgIpc) is 2.29. The number of halogens is 1. The molecule has 0 aliphatic carbocycles. The van der Waals surface area contributed by atoms with Gasteiger partial charge in [-0.15, -0.1) is 0 Å². The zero-order valence-electron chi connectivity index (χ0n) is 10.4. The predicted molar refractivity (Wildman–Crippen MR) is 65.5 cm³/mol. The predicted octanol–water partition coefficient (Wildman–Crippen LogP) is 3.75. The third-order valence-electron chi connectivity index (χ3n) is 3.15. The zero-order chi connectivity index (χ0) is 12.9. The second-order valence-electron chi connectivity index (χ2n) is 4.37. The van der Waals surface area contributed by atoms with Crippen LogP contribution in [0.4, 0.5) is 4.39 Å². The quantitative estimate of drug-likeness (QED) is 0.819. The van der Waals surface area contributed by atoms with Crippen molar-refractivity contribution in [1.82, 2.24) is 0 Å². The fourth-order valence-corrected chi connectivity index (χ4v) is 2.43. The van der Waals surface area contributed by atoms with Crippen LogP contribution in [0.1, 0.15) is 45.1 Å². The molecular formula is C14H19FO2. The summed E-state index contributed by atoms with van der Waals surface area (Å²) >= 11 is 0. The molecule has 0 heterocycles. The molecule has 1 rings (SSSR count). The number of benzene rings is 1. The standard InChI is InChI=1S/C14H19FO2/c1-3-9-14(10-4-2,13(16)17)11-7-5-6-8-12(11)15/h5-8H,3-4,9-10H2,1-2H3,(H,16,17). The van der Waals surface area contributed by atoms with Gasteiger partial charge >= 0.3 is 5.97 Å². The van der Waals surface area contributed by atoms with Crippen LogP contribution in [0.2, 0.25) is 0 Å². The van der Waals surface area contributed by atoms with E-state index in [0.29, 0.717) is 18.4 Å². The molecule has 0 atom stereocenters. The smallest absolute Gasteiger partial charge is 0.314 e. The van der Waals surface area contributed by atoms with Crippen LogP contribution in [0.3, 0.4) is 0 Å². The van der Waals surface area contributed by atoms with Crippen molar-refractivity contribution in [1.29, 1.82) is 0 Å². The molecule has 0 spiro atoms. The molecule has 0 fully saturated rings. The Bertz CT molecular complexity index is 382. The molecule has 0 unspecified atom stereocenters. The number of rotatable bonds is 6. The van der Waals surface area contributed by atoms with Crippen molar-refractivity contribution in [2.75, 3.05) is 0 Å². The van der Waals surface area contributed by atoms with Crippen LogP contribution in [0.25, 0.3) is 0 Å². The molecule has 0 saturated carbocycles. The summed E-state index contributed by atoms with van der Waals surface area (Å²) in [5.74, 6) is -1.34. The molecule has 0 radical (unpaired) electrons. The minimum Gasteiger partial charge on any atom is -0.481 e. The van der Waals surface area contributed by atoms with E-state index in [1.54, 1.807) is 18.2 Å². The Hall–Kier alpha value is -1.38. The summed E-state index contributed by atoms with van der Waals surface area (Å²) in [6, 6.07) is 6.21. The number of hydrogen-bond acceptors (Lipinski definition) is 1. The van der Waals surface area contributed by atoms with Crippen molar-refractivity contribution in [3.8, 4) is 0 Å². The van der Waals surface area contributed by atoms with Crippen LogP contribution in [0, 0.1) is 5.82 Å². The van der Waals surface area contributed by atoms with Crippen molar-refractivity contribution < 1.29 is 14.3 Å². The topological polar surface area (TPSA) is 37.3 Å². The van der Waals surface area contributed by atoms with E-state index in [1.807, 2.05) is 13.8 Å². The summed E-state index contributed by atoms with van der Waals surface area (Å²) in [6.07, 6.45) is 2.38. The lowest BCUT2D eigenvalue weighted by atomic mass is 9.73. The van der Waals surface area contributed by atoms with E-state index < -0.39 is 17.2 Å². The first-order valence-corrected chi connectivity index (χ1v) is 6.07. The molecule has 0 aliphatic heterocycles. The van der Waals surface area contributed by atoms with Crippen molar-refractivity contribution in [3.63, 3.8) is 0 Å². The van der Waals surface area contributed by atoms with E-state index in [9.17, 15) is 14.3 Å². The van der Waals surface area contributed by atoms with Gasteiger partial charge in [-0.2, -0.15) is 0 Å². The molecule has 0 bridgehead atoms. The van der Waals surface area contributed by atoms with Crippen molar-refractivity contribution in [2.45, 2.75) is 44.9 Å². The normalized spacial score (nSPS) is 11.5. The van der Waals surface area contributed by atoms with Gasteiger partial charge in [0.2, 0.25) is 0 Å². The fraction of sp³-hybridized carbons (Fsp3) is 0.500. The monoisotopic (exact) mass is 238 g/mol. The van der Waals surface area contributed by atoms with Crippen LogP contribution in [0.5, 0.6) is 0 Å². The highest BCUT2D eigenvalue weighted by molar-refractivity contribution is 5.81. The first-order chi connectivity index (χ1) is 8.08. The van der Waals surface area contributed by atoms with E-state index >= 15 is 0 Å². The second-order valence-corrected chi connectivity index (χ2v) is 4.37. The van der Waals surface area contributed by atoms with Crippen molar-refractivity contribution >= 4 is 5.97 Å². The average molecular weight is 238 g/mol. The van der Waals surface area contributed by atoms with Gasteiger partial charge in [-0.05, 0) is 18.9 Å². The van der Waals surface area contributed by atoms with Gasteiger partial charge in [0.15, 0.2) is 0 Å². The van der Waals surface area contributed by atoms with E-state index in [-0.39, 0.29) is 0 Å². The first kappa shape index (κ1) is 13.7. The van der Waals surface area contributed by atoms with Gasteiger partial charge in [0, 0.05) is 5.56 Å². The maximum absolute atomic E-state index is 13.8. The van der Waals surface area contributed by atoms with Gasteiger partial charge < -0.3 is 5.11 Å². The highest BCUT2D eigenvalue weighted by Gasteiger charge is 2.40. The third kappa shape index (κ3) is 2.65. The van der Waals surface area contributed by atoms with Gasteiger partial charge in [0.05, 0.1) is 5.41 Å². The molecule has 0 amide bonds. The van der Waals surface area contributed by atoms with E-state index in [4.69, 9.17) is 0 Å². The molecular weight excluding hydrogens is 219 g/mol. The van der Waals surface area contributed by atoms with Gasteiger partial charge in [0.25, 0.3) is 0 Å². The molecule has 2 nitrogen and oxygen atoms in total. The Balaban J connectivity index is 3.30. The van der Waals surface area contributed by atoms with Crippen molar-refractivity contribution in [3.05, 3.63) is 35.6 Å². The molecule has 94 valence electrons. The number of aliphatic carboxylic acids is 1. The van der Waals surface area contributed by atoms with E-state index in [1.165, 1.54) is 6.07 Å². The SMILES string of the molecule is CCCC(CCC)(C(=O)O)c1ccccc1F. The summed E-state index contributed by atoms with van der Waals surface area (Å²) in [6.45, 7) is 3.85. The summed E-state index contributed by atoms with van der Waals surface area (Å²) in [7, 11) is 0. The maximum atomic E-state index is 13.8. The van der Waals surface area contributed by atoms with Gasteiger partial charge in [0.1, 0.15) is 5.82 Å². The minimum absolute atomic E-state index is 0.316. The largest absolute Gasteiger partial charge is 0.481 e. The van der Waals surface area contributed by atoms with Gasteiger partial charge in [-0.25, -0.2) is 4.39 Å². The lowest BCUT2D eigenvalue weighted by Crippen LogP contribution is -2.36. The number of carboxylic acid groups (broad SMARTS) is 1. The van der Waals surface area contributed by atoms with Crippen LogP contribution in [-0.4, -0.2) is 11.1 Å². The number of carboxylic acids is 1. The molecule has 1 aromatic carbocycles. The maximum Gasteiger partial charge on any atom is 0.314 e. The Kier molecular flexibility index (Phi) is 4.67. The summed E-state index contributed by atoms with van der Waals surface area (Å²) in [4.78, 5) is 11.6. The Morgan fingerprint density at radius 2 is 1.76 bits per heavy atom. The Morgan fingerprint density at radius 3 is 2.18 bits per heavy atom. The fourth-order valence-electron chi connectivity index (χ4n) is 2.43. The number of hydrogen-bond donors (Lipinski definition) is 1. The minimum atomic E-state index is -1.07. The highest BCUT2D eigenvalue weighted by atomic mass is 19.1. The third-order valence-corrected chi connectivity index (χ3v) is 3.15. The van der Waals surface area contributed by atoms with Crippen LogP contribution in [-0.2, 0) is 10.2 Å². The summed E-state index contributed by atoms with van der Waals surface area (Å²) in [5.41, 5.74) is -0.759. The molecule has 1 N–H and O–H groups in total. The molecule has 0 aromatic heterocycles. The molecule has 0 saturated heterocycles. The Labute approximate surface area is 101 Å². The van der Waals surface area contributed by atoms with Crippen LogP contribution >= 0.6 is 0 Å².